The average Bonchev–Trinajstić information content (AvgIpc) is 2.63. The number of nitrogens with one attached hydrogen (secondary N) is 2. The molecule has 0 aliphatic rings. The highest BCUT2D eigenvalue weighted by molar-refractivity contribution is 6.38. The number of aliphatic imine (C=N–C) groups is 1. The van der Waals surface area contributed by atoms with E-state index in [1.165, 1.54) is 37.2 Å². The van der Waals surface area contributed by atoms with Crippen LogP contribution >= 0.6 is 0 Å². The summed E-state index contributed by atoms with van der Waals surface area (Å²) in [5.41, 5.74) is 7.68. The van der Waals surface area contributed by atoms with Crippen molar-refractivity contribution >= 4 is 17.3 Å². The summed E-state index contributed by atoms with van der Waals surface area (Å²) in [6.45, 7) is 7.60. The number of nitrogens with two attached hydrogens (primary N) is 1. The number of amides is 1. The van der Waals surface area contributed by atoms with Gasteiger partial charge in [-0.2, -0.15) is 0 Å². The highest BCUT2D eigenvalue weighted by atomic mass is 16.2. The molecule has 1 amide bonds. The third-order valence-corrected chi connectivity index (χ3v) is 3.27. The fourth-order valence-electron chi connectivity index (χ4n) is 1.98. The highest BCUT2D eigenvalue weighted by Crippen LogP contribution is 2.13. The summed E-state index contributed by atoms with van der Waals surface area (Å²) in [5.74, 6) is 0.0804. The van der Waals surface area contributed by atoms with Crippen LogP contribution in [0.2, 0.25) is 0 Å². The molecule has 1 aromatic carbocycles. The van der Waals surface area contributed by atoms with E-state index >= 15 is 0 Å². The number of rotatable bonds is 9. The van der Waals surface area contributed by atoms with Gasteiger partial charge in [0, 0.05) is 18.1 Å². The van der Waals surface area contributed by atoms with Crippen molar-refractivity contribution < 1.29 is 4.79 Å². The van der Waals surface area contributed by atoms with Crippen molar-refractivity contribution in [2.24, 2.45) is 10.7 Å². The Morgan fingerprint density at radius 1 is 1.28 bits per heavy atom. The molecule has 1 aromatic rings. The van der Waals surface area contributed by atoms with Crippen LogP contribution in [0.3, 0.4) is 0 Å². The molecule has 0 bridgehead atoms. The average molecular weight is 340 g/mol. The zero-order valence-electron chi connectivity index (χ0n) is 15.1. The number of terminal acetylenes is 1. The second kappa shape index (κ2) is 13.4. The molecule has 25 heavy (non-hydrogen) atoms. The number of anilines is 1. The lowest BCUT2D eigenvalue weighted by Crippen LogP contribution is -2.31. The number of benzene rings is 1. The molecule has 0 heterocycles. The second-order valence-electron chi connectivity index (χ2n) is 5.27. The minimum absolute atomic E-state index is 0.306. The molecule has 0 atom stereocenters. The molecule has 0 aromatic heterocycles. The normalized spacial score (nSPS) is 10.6. The van der Waals surface area contributed by atoms with Gasteiger partial charge in [-0.15, -0.1) is 12.8 Å². The van der Waals surface area contributed by atoms with Crippen LogP contribution in [-0.4, -0.2) is 11.6 Å². The summed E-state index contributed by atoms with van der Waals surface area (Å²) in [6.07, 6.45) is 15.4. The molecule has 4 N–H and O–H groups in total. The Kier molecular flexibility index (Phi) is 11.8. The van der Waals surface area contributed by atoms with Crippen molar-refractivity contribution in [3.63, 3.8) is 0 Å². The molecule has 0 saturated heterocycles. The Labute approximate surface area is 151 Å². The van der Waals surface area contributed by atoms with Crippen LogP contribution in [0.5, 0.6) is 0 Å². The van der Waals surface area contributed by atoms with Crippen LogP contribution in [0.25, 0.3) is 0 Å². The molecule has 5 heteroatoms. The lowest BCUT2D eigenvalue weighted by molar-refractivity contribution is -0.114. The quantitative estimate of drug-likeness (QED) is 0.365. The molecule has 134 valence electrons. The minimum atomic E-state index is -0.322. The van der Waals surface area contributed by atoms with Crippen LogP contribution in [0, 0.1) is 12.8 Å². The Morgan fingerprint density at radius 2 is 1.92 bits per heavy atom. The highest BCUT2D eigenvalue weighted by Gasteiger charge is 2.06. The Hall–Kier alpha value is -3.00. The van der Waals surface area contributed by atoms with Gasteiger partial charge < -0.3 is 16.4 Å². The molecule has 0 aliphatic heterocycles. The summed E-state index contributed by atoms with van der Waals surface area (Å²) >= 11 is 0. The van der Waals surface area contributed by atoms with Gasteiger partial charge in [0.2, 0.25) is 0 Å². The summed E-state index contributed by atoms with van der Waals surface area (Å²) in [4.78, 5) is 15.7. The Balaban J connectivity index is 0.00000277. The maximum atomic E-state index is 11.8. The van der Waals surface area contributed by atoms with Crippen molar-refractivity contribution in [1.29, 1.82) is 0 Å². The number of unbranched alkanes of at least 4 members (excludes halogenated alkanes) is 2. The number of nitrogens with zero attached hydrogens (tertiary/aromatic N) is 1. The van der Waals surface area contributed by atoms with Crippen molar-refractivity contribution in [2.45, 2.75) is 39.5 Å². The first kappa shape index (κ1) is 22.0. The van der Waals surface area contributed by atoms with Gasteiger partial charge in [0.15, 0.2) is 0 Å². The Bertz CT molecular complexity index is 612. The predicted octanol–water partition coefficient (Wildman–Crippen LogP) is 3.56. The zero-order valence-corrected chi connectivity index (χ0v) is 15.1. The lowest BCUT2D eigenvalue weighted by atomic mass is 10.1. The third kappa shape index (κ3) is 9.67. The molecule has 0 radical (unpaired) electrons. The van der Waals surface area contributed by atoms with E-state index in [1.54, 1.807) is 6.92 Å². The fourth-order valence-corrected chi connectivity index (χ4v) is 1.98. The molecule has 0 saturated carbocycles. The largest absolute Gasteiger partial charge is 0.403 e. The van der Waals surface area contributed by atoms with Gasteiger partial charge in [-0.3, -0.25) is 9.79 Å². The van der Waals surface area contributed by atoms with Gasteiger partial charge in [0.05, 0.1) is 0 Å². The first-order chi connectivity index (χ1) is 12.1. The Morgan fingerprint density at radius 3 is 2.48 bits per heavy atom. The maximum Gasteiger partial charge on any atom is 0.270 e. The van der Waals surface area contributed by atoms with Crippen LogP contribution in [-0.2, 0) is 11.2 Å². The van der Waals surface area contributed by atoms with Crippen LogP contribution in [0.1, 0.15) is 38.7 Å². The number of carbonyl (C=O) groups is 1. The van der Waals surface area contributed by atoms with E-state index < -0.39 is 0 Å². The van der Waals surface area contributed by atoms with Gasteiger partial charge in [0.1, 0.15) is 11.5 Å². The summed E-state index contributed by atoms with van der Waals surface area (Å²) in [6, 6.07) is 8.14. The van der Waals surface area contributed by atoms with Crippen molar-refractivity contribution in [3.8, 4) is 12.8 Å². The zero-order chi connectivity index (χ0) is 19.1. The molecular weight excluding hydrogens is 312 g/mol. The molecule has 0 aliphatic carbocycles. The fraction of sp³-hybridized carbons (Fsp3) is 0.300. The van der Waals surface area contributed by atoms with Crippen LogP contribution in [0.4, 0.5) is 5.69 Å². The monoisotopic (exact) mass is 340 g/mol. The van der Waals surface area contributed by atoms with E-state index in [0.717, 1.165) is 12.1 Å². The second-order valence-corrected chi connectivity index (χ2v) is 5.27. The van der Waals surface area contributed by atoms with Crippen LogP contribution < -0.4 is 16.4 Å². The van der Waals surface area contributed by atoms with Gasteiger partial charge >= 0.3 is 0 Å². The standard InChI is InChI=1S/C18H26N4O.C2H2/c1-4-5-6-7-16-8-10-17(11-9-16)21-15(3)22-18(23)14(2)20-13-12-19;1-2/h8-13,21H,3-7,19H2,1-2H3,(H,22,23);1-2H/b13-12-,20-14?;. The van der Waals surface area contributed by atoms with Gasteiger partial charge in [-0.1, -0.05) is 38.5 Å². The number of carbonyl (C=O) groups excluding carboxylic acids is 1. The predicted molar refractivity (Wildman–Crippen MR) is 107 cm³/mol. The number of aryl methyl sites for hydroxylation is 1. The number of hydrogen-bond acceptors (Lipinski definition) is 4. The number of hydrogen-bond donors (Lipinski definition) is 3. The van der Waals surface area contributed by atoms with Crippen LogP contribution in [0.15, 0.2) is 54.1 Å². The molecular formula is C20H28N4O. The molecule has 1 rings (SSSR count). The van der Waals surface area contributed by atoms with E-state index in [9.17, 15) is 4.79 Å². The van der Waals surface area contributed by atoms with Gasteiger partial charge in [0.25, 0.3) is 5.91 Å². The third-order valence-electron chi connectivity index (χ3n) is 3.27. The molecule has 0 spiro atoms. The summed E-state index contributed by atoms with van der Waals surface area (Å²) < 4.78 is 0. The topological polar surface area (TPSA) is 79.5 Å². The summed E-state index contributed by atoms with van der Waals surface area (Å²) in [7, 11) is 0. The van der Waals surface area contributed by atoms with Crippen molar-refractivity contribution in [3.05, 3.63) is 54.6 Å². The molecule has 0 fully saturated rings. The summed E-state index contributed by atoms with van der Waals surface area (Å²) in [5, 5.41) is 5.70. The minimum Gasteiger partial charge on any atom is -0.403 e. The van der Waals surface area contributed by atoms with E-state index in [0.29, 0.717) is 11.5 Å². The maximum absolute atomic E-state index is 11.8. The first-order valence-electron chi connectivity index (χ1n) is 8.17. The SMILES string of the molecule is C#C.C=C(NC(=O)C(C)=N/C=C\N)Nc1ccc(CCCCC)cc1. The van der Waals surface area contributed by atoms with E-state index in [2.05, 4.69) is 54.1 Å². The van der Waals surface area contributed by atoms with E-state index in [-0.39, 0.29) is 5.91 Å². The van der Waals surface area contributed by atoms with E-state index in [4.69, 9.17) is 5.73 Å². The smallest absolute Gasteiger partial charge is 0.270 e. The van der Waals surface area contributed by atoms with Crippen molar-refractivity contribution in [2.75, 3.05) is 5.32 Å². The first-order valence-corrected chi connectivity index (χ1v) is 8.17. The van der Waals surface area contributed by atoms with Crippen molar-refractivity contribution in [1.82, 2.24) is 5.32 Å². The van der Waals surface area contributed by atoms with Gasteiger partial charge in [-0.25, -0.2) is 0 Å². The van der Waals surface area contributed by atoms with E-state index in [1.807, 2.05) is 12.1 Å². The molecule has 5 nitrogen and oxygen atoms in total. The lowest BCUT2D eigenvalue weighted by Gasteiger charge is -2.11. The van der Waals surface area contributed by atoms with Gasteiger partial charge in [-0.05, 0) is 37.5 Å². The molecule has 0 unspecified atom stereocenters.